The summed E-state index contributed by atoms with van der Waals surface area (Å²) in [6, 6.07) is 13.7. The lowest BCUT2D eigenvalue weighted by molar-refractivity contribution is -0.118. The van der Waals surface area contributed by atoms with Crippen molar-refractivity contribution in [1.29, 1.82) is 0 Å². The average molecular weight is 340 g/mol. The maximum atomic E-state index is 12.6. The Morgan fingerprint density at radius 2 is 1.64 bits per heavy atom. The number of anilines is 1. The maximum absolute atomic E-state index is 12.6. The van der Waals surface area contributed by atoms with Crippen LogP contribution in [0.15, 0.2) is 48.5 Å². The van der Waals surface area contributed by atoms with Gasteiger partial charge in [-0.3, -0.25) is 9.59 Å². The van der Waals surface area contributed by atoms with Crippen molar-refractivity contribution in [1.82, 2.24) is 5.32 Å². The first kappa shape index (κ1) is 18.5. The minimum Gasteiger partial charge on any atom is -0.497 e. The summed E-state index contributed by atoms with van der Waals surface area (Å²) in [6.45, 7) is 5.72. The number of carbonyl (C=O) groups is 2. The van der Waals surface area contributed by atoms with Gasteiger partial charge in [0.05, 0.1) is 7.11 Å². The molecule has 0 heterocycles. The van der Waals surface area contributed by atoms with Crippen LogP contribution in [-0.4, -0.2) is 25.0 Å². The molecule has 0 spiro atoms. The van der Waals surface area contributed by atoms with Crippen LogP contribution in [0.2, 0.25) is 0 Å². The quantitative estimate of drug-likeness (QED) is 0.847. The molecule has 0 aliphatic rings. The van der Waals surface area contributed by atoms with Crippen molar-refractivity contribution in [2.45, 2.75) is 26.8 Å². The van der Waals surface area contributed by atoms with Gasteiger partial charge in [0.2, 0.25) is 5.91 Å². The SMILES string of the molecule is COc1ccc(C(=O)N[C@H](C(=O)Nc2ccccc2C)C(C)C)cc1. The normalized spacial score (nSPS) is 11.7. The number of benzene rings is 2. The van der Waals surface area contributed by atoms with E-state index in [-0.39, 0.29) is 17.7 Å². The summed E-state index contributed by atoms with van der Waals surface area (Å²) >= 11 is 0. The molecule has 2 N–H and O–H groups in total. The standard InChI is InChI=1S/C20H24N2O3/c1-13(2)18(20(24)21-17-8-6-5-7-14(17)3)22-19(23)15-9-11-16(25-4)12-10-15/h5-13,18H,1-4H3,(H,21,24)(H,22,23)/t18-/m0/s1. The molecule has 0 aliphatic carbocycles. The van der Waals surface area contributed by atoms with Crippen molar-refractivity contribution in [2.75, 3.05) is 12.4 Å². The van der Waals surface area contributed by atoms with E-state index in [2.05, 4.69) is 10.6 Å². The van der Waals surface area contributed by atoms with Gasteiger partial charge in [0.1, 0.15) is 11.8 Å². The van der Waals surface area contributed by atoms with Gasteiger partial charge in [-0.2, -0.15) is 0 Å². The Balaban J connectivity index is 2.10. The first-order valence-electron chi connectivity index (χ1n) is 8.23. The predicted molar refractivity (Wildman–Crippen MR) is 98.9 cm³/mol. The van der Waals surface area contributed by atoms with Crippen LogP contribution in [0.1, 0.15) is 29.8 Å². The van der Waals surface area contributed by atoms with Gasteiger partial charge in [-0.1, -0.05) is 32.0 Å². The molecule has 0 aliphatic heterocycles. The number of amides is 2. The highest BCUT2D eigenvalue weighted by Gasteiger charge is 2.25. The number of hydrogen-bond acceptors (Lipinski definition) is 3. The second-order valence-electron chi connectivity index (χ2n) is 6.23. The minimum atomic E-state index is -0.630. The molecule has 0 saturated carbocycles. The third-order valence-electron chi connectivity index (χ3n) is 3.99. The van der Waals surface area contributed by atoms with Gasteiger partial charge in [-0.25, -0.2) is 0 Å². The number of para-hydroxylation sites is 1. The molecule has 1 atom stereocenters. The van der Waals surface area contributed by atoms with Crippen molar-refractivity contribution in [3.63, 3.8) is 0 Å². The van der Waals surface area contributed by atoms with Crippen molar-refractivity contribution >= 4 is 17.5 Å². The molecule has 0 unspecified atom stereocenters. The summed E-state index contributed by atoms with van der Waals surface area (Å²) < 4.78 is 5.09. The molecule has 2 aromatic carbocycles. The highest BCUT2D eigenvalue weighted by molar-refractivity contribution is 6.01. The summed E-state index contributed by atoms with van der Waals surface area (Å²) in [5, 5.41) is 5.71. The lowest BCUT2D eigenvalue weighted by Gasteiger charge is -2.22. The molecule has 2 rings (SSSR count). The van der Waals surface area contributed by atoms with Crippen molar-refractivity contribution in [2.24, 2.45) is 5.92 Å². The van der Waals surface area contributed by atoms with Crippen LogP contribution in [0.4, 0.5) is 5.69 Å². The summed E-state index contributed by atoms with van der Waals surface area (Å²) in [4.78, 5) is 25.1. The van der Waals surface area contributed by atoms with Crippen LogP contribution >= 0.6 is 0 Å². The topological polar surface area (TPSA) is 67.4 Å². The first-order valence-corrected chi connectivity index (χ1v) is 8.23. The monoisotopic (exact) mass is 340 g/mol. The Morgan fingerprint density at radius 3 is 2.20 bits per heavy atom. The zero-order chi connectivity index (χ0) is 18.4. The number of ether oxygens (including phenoxy) is 1. The Morgan fingerprint density at radius 1 is 1.00 bits per heavy atom. The first-order chi connectivity index (χ1) is 11.9. The molecule has 132 valence electrons. The molecular formula is C20H24N2O3. The van der Waals surface area contributed by atoms with Crippen LogP contribution in [0.5, 0.6) is 5.75 Å². The molecule has 0 bridgehead atoms. The van der Waals surface area contributed by atoms with Crippen LogP contribution in [0.3, 0.4) is 0 Å². The third-order valence-corrected chi connectivity index (χ3v) is 3.99. The Bertz CT molecular complexity index is 739. The largest absolute Gasteiger partial charge is 0.497 e. The summed E-state index contributed by atoms with van der Waals surface area (Å²) in [6.07, 6.45) is 0. The Hall–Kier alpha value is -2.82. The zero-order valence-electron chi connectivity index (χ0n) is 15.0. The predicted octanol–water partition coefficient (Wildman–Crippen LogP) is 3.40. The van der Waals surface area contributed by atoms with Crippen LogP contribution in [0.25, 0.3) is 0 Å². The van der Waals surface area contributed by atoms with E-state index in [1.807, 2.05) is 45.0 Å². The van der Waals surface area contributed by atoms with E-state index >= 15 is 0 Å². The lowest BCUT2D eigenvalue weighted by Crippen LogP contribution is -2.47. The maximum Gasteiger partial charge on any atom is 0.251 e. The minimum absolute atomic E-state index is 0.0498. The van der Waals surface area contributed by atoms with Gasteiger partial charge < -0.3 is 15.4 Å². The van der Waals surface area contributed by atoms with Gasteiger partial charge in [0.15, 0.2) is 0 Å². The van der Waals surface area contributed by atoms with E-state index in [9.17, 15) is 9.59 Å². The average Bonchev–Trinajstić information content (AvgIpc) is 2.61. The van der Waals surface area contributed by atoms with E-state index in [0.717, 1.165) is 11.3 Å². The molecule has 0 aromatic heterocycles. The van der Waals surface area contributed by atoms with E-state index in [1.54, 1.807) is 31.4 Å². The van der Waals surface area contributed by atoms with Gasteiger partial charge in [0.25, 0.3) is 5.91 Å². The zero-order valence-corrected chi connectivity index (χ0v) is 15.0. The number of methoxy groups -OCH3 is 1. The summed E-state index contributed by atoms with van der Waals surface area (Å²) in [5.41, 5.74) is 2.20. The lowest BCUT2D eigenvalue weighted by atomic mass is 10.0. The van der Waals surface area contributed by atoms with Gasteiger partial charge in [-0.15, -0.1) is 0 Å². The second-order valence-corrected chi connectivity index (χ2v) is 6.23. The van der Waals surface area contributed by atoms with Crippen LogP contribution < -0.4 is 15.4 Å². The number of hydrogen-bond donors (Lipinski definition) is 2. The highest BCUT2D eigenvalue weighted by atomic mass is 16.5. The number of aryl methyl sites for hydroxylation is 1. The number of rotatable bonds is 6. The van der Waals surface area contributed by atoms with Crippen LogP contribution in [-0.2, 0) is 4.79 Å². The fraction of sp³-hybridized carbons (Fsp3) is 0.300. The van der Waals surface area contributed by atoms with Gasteiger partial charge >= 0.3 is 0 Å². The summed E-state index contributed by atoms with van der Waals surface area (Å²) in [7, 11) is 1.57. The van der Waals surface area contributed by atoms with Crippen molar-refractivity contribution in [3.05, 3.63) is 59.7 Å². The molecule has 2 aromatic rings. The molecule has 2 amide bonds. The van der Waals surface area contributed by atoms with E-state index < -0.39 is 6.04 Å². The number of carbonyl (C=O) groups excluding carboxylic acids is 2. The number of nitrogens with one attached hydrogen (secondary N) is 2. The van der Waals surface area contributed by atoms with Crippen LogP contribution in [0, 0.1) is 12.8 Å². The van der Waals surface area contributed by atoms with Crippen molar-refractivity contribution < 1.29 is 14.3 Å². The molecule has 0 radical (unpaired) electrons. The van der Waals surface area contributed by atoms with Gasteiger partial charge in [-0.05, 0) is 48.7 Å². The third kappa shape index (κ3) is 4.83. The molecular weight excluding hydrogens is 316 g/mol. The van der Waals surface area contributed by atoms with E-state index in [0.29, 0.717) is 11.3 Å². The molecule has 0 saturated heterocycles. The summed E-state index contributed by atoms with van der Waals surface area (Å²) in [5.74, 6) is 0.105. The fourth-order valence-corrected chi connectivity index (χ4v) is 2.43. The molecule has 25 heavy (non-hydrogen) atoms. The molecule has 0 fully saturated rings. The van der Waals surface area contributed by atoms with E-state index in [4.69, 9.17) is 4.74 Å². The highest BCUT2D eigenvalue weighted by Crippen LogP contribution is 2.16. The van der Waals surface area contributed by atoms with E-state index in [1.165, 1.54) is 0 Å². The molecule has 5 heteroatoms. The Labute approximate surface area is 148 Å². The molecule has 5 nitrogen and oxygen atoms in total. The fourth-order valence-electron chi connectivity index (χ4n) is 2.43. The Kier molecular flexibility index (Phi) is 6.17. The van der Waals surface area contributed by atoms with Crippen molar-refractivity contribution in [3.8, 4) is 5.75 Å². The second kappa shape index (κ2) is 8.33. The smallest absolute Gasteiger partial charge is 0.251 e. The van der Waals surface area contributed by atoms with Gasteiger partial charge in [0, 0.05) is 11.3 Å².